The van der Waals surface area contributed by atoms with Crippen molar-refractivity contribution in [1.82, 2.24) is 0 Å². The lowest BCUT2D eigenvalue weighted by Gasteiger charge is -2.60. The number of aliphatic hydroxyl groups is 2. The number of hydrogen-bond acceptors (Lipinski definition) is 6. The second kappa shape index (κ2) is 6.89. The highest BCUT2D eigenvalue weighted by molar-refractivity contribution is 5.88. The van der Waals surface area contributed by atoms with Crippen LogP contribution < -0.4 is 0 Å². The van der Waals surface area contributed by atoms with E-state index < -0.39 is 35.1 Å². The zero-order valence-corrected chi connectivity index (χ0v) is 16.8. The smallest absolute Gasteiger partial charge is 0.343 e. The van der Waals surface area contributed by atoms with Crippen molar-refractivity contribution in [2.24, 2.45) is 16.7 Å². The highest BCUT2D eigenvalue weighted by Gasteiger charge is 2.72. The molecule has 1 heterocycles. The van der Waals surface area contributed by atoms with Gasteiger partial charge < -0.3 is 19.7 Å². The highest BCUT2D eigenvalue weighted by Crippen LogP contribution is 2.63. The zero-order chi connectivity index (χ0) is 20.0. The number of esters is 2. The van der Waals surface area contributed by atoms with Gasteiger partial charge in [0.25, 0.3) is 0 Å². The number of ether oxygens (including phenoxy) is 2. The maximum atomic E-state index is 12.5. The quantitative estimate of drug-likeness (QED) is 0.432. The normalized spacial score (nSPS) is 39.9. The van der Waals surface area contributed by atoms with E-state index in [9.17, 15) is 19.8 Å². The monoisotopic (exact) mass is 380 g/mol. The Labute approximate surface area is 160 Å². The molecule has 0 unspecified atom stereocenters. The summed E-state index contributed by atoms with van der Waals surface area (Å²) in [6.07, 6.45) is 4.50. The molecule has 1 aliphatic heterocycles. The molecule has 152 valence electrons. The first kappa shape index (κ1) is 20.3. The van der Waals surface area contributed by atoms with Gasteiger partial charge in [-0.3, -0.25) is 4.79 Å². The number of unbranched alkanes of at least 4 members (excludes halogenated alkanes) is 2. The molecule has 2 aliphatic carbocycles. The van der Waals surface area contributed by atoms with Crippen LogP contribution >= 0.6 is 0 Å². The fourth-order valence-electron chi connectivity index (χ4n) is 5.58. The molecule has 0 aromatic carbocycles. The molecular formula is C21H32O6. The van der Waals surface area contributed by atoms with Crippen molar-refractivity contribution in [2.75, 3.05) is 6.61 Å². The highest BCUT2D eigenvalue weighted by atomic mass is 16.6. The maximum Gasteiger partial charge on any atom is 0.343 e. The molecule has 1 saturated carbocycles. The van der Waals surface area contributed by atoms with Crippen molar-refractivity contribution >= 4 is 11.9 Å². The van der Waals surface area contributed by atoms with Gasteiger partial charge in [-0.1, -0.05) is 40.5 Å². The summed E-state index contributed by atoms with van der Waals surface area (Å²) >= 11 is 0. The Bertz CT molecular complexity index is 653. The average molecular weight is 380 g/mol. The molecule has 0 radical (unpaired) electrons. The lowest BCUT2D eigenvalue weighted by atomic mass is 9.45. The predicted molar refractivity (Wildman–Crippen MR) is 98.6 cm³/mol. The van der Waals surface area contributed by atoms with Crippen molar-refractivity contribution in [3.05, 3.63) is 11.6 Å². The number of carbonyl (C=O) groups is 2. The van der Waals surface area contributed by atoms with E-state index in [2.05, 4.69) is 6.92 Å². The average Bonchev–Trinajstić information content (AvgIpc) is 2.88. The number of cyclic esters (lactones) is 1. The second-order valence-corrected chi connectivity index (χ2v) is 9.19. The molecule has 5 atom stereocenters. The summed E-state index contributed by atoms with van der Waals surface area (Å²) in [5.41, 5.74) is -2.99. The summed E-state index contributed by atoms with van der Waals surface area (Å²) in [6, 6.07) is 0. The Morgan fingerprint density at radius 3 is 2.70 bits per heavy atom. The maximum absolute atomic E-state index is 12.5. The van der Waals surface area contributed by atoms with Gasteiger partial charge in [-0.2, -0.15) is 0 Å². The van der Waals surface area contributed by atoms with Crippen LogP contribution in [0, 0.1) is 16.7 Å². The van der Waals surface area contributed by atoms with Crippen LogP contribution in [-0.4, -0.2) is 46.6 Å². The van der Waals surface area contributed by atoms with Gasteiger partial charge in [0.05, 0.1) is 6.10 Å². The Morgan fingerprint density at radius 2 is 2.04 bits per heavy atom. The third-order valence-electron chi connectivity index (χ3n) is 7.09. The lowest BCUT2D eigenvalue weighted by Crippen LogP contribution is -2.69. The van der Waals surface area contributed by atoms with Crippen LogP contribution in [-0.2, 0) is 19.1 Å². The van der Waals surface area contributed by atoms with Gasteiger partial charge in [-0.15, -0.1) is 0 Å². The van der Waals surface area contributed by atoms with Crippen LogP contribution in [0.15, 0.2) is 11.6 Å². The van der Waals surface area contributed by atoms with Crippen LogP contribution in [0.25, 0.3) is 0 Å². The first-order chi connectivity index (χ1) is 12.6. The number of fused-ring (bicyclic) bond motifs is 3. The van der Waals surface area contributed by atoms with Crippen molar-refractivity contribution < 1.29 is 29.3 Å². The summed E-state index contributed by atoms with van der Waals surface area (Å²) in [4.78, 5) is 24.9. The molecule has 1 saturated heterocycles. The van der Waals surface area contributed by atoms with Crippen molar-refractivity contribution in [1.29, 1.82) is 0 Å². The van der Waals surface area contributed by atoms with Gasteiger partial charge in [0, 0.05) is 23.3 Å². The number of rotatable bonds is 5. The minimum atomic E-state index is -1.88. The van der Waals surface area contributed by atoms with E-state index in [1.54, 1.807) is 13.0 Å². The number of aliphatic hydroxyl groups excluding tert-OH is 1. The molecule has 0 aromatic rings. The van der Waals surface area contributed by atoms with Gasteiger partial charge >= 0.3 is 11.9 Å². The molecule has 2 fully saturated rings. The Balaban J connectivity index is 2.00. The third kappa shape index (κ3) is 2.92. The van der Waals surface area contributed by atoms with Gasteiger partial charge in [0.1, 0.15) is 12.7 Å². The molecule has 2 N–H and O–H groups in total. The Kier molecular flexibility index (Phi) is 5.19. The summed E-state index contributed by atoms with van der Waals surface area (Å²) in [7, 11) is 0. The molecule has 6 heteroatoms. The number of hydrogen-bond donors (Lipinski definition) is 2. The van der Waals surface area contributed by atoms with E-state index in [-0.39, 0.29) is 18.0 Å². The summed E-state index contributed by atoms with van der Waals surface area (Å²) < 4.78 is 11.0. The second-order valence-electron chi connectivity index (χ2n) is 9.19. The standard InChI is InChI=1S/C21H32O6/c1-5-6-7-8-16(23)27-14-11-13-12-26-18(24)21(13,25)20(4)15(22)9-10-19(2,3)17(14)20/h11,14-15,17,22,25H,5-10,12H2,1-4H3/t14-,15-,17+,20-,21+/m0/s1. The Morgan fingerprint density at radius 1 is 1.33 bits per heavy atom. The van der Waals surface area contributed by atoms with E-state index in [1.165, 1.54) is 0 Å². The van der Waals surface area contributed by atoms with E-state index in [0.29, 0.717) is 24.8 Å². The summed E-state index contributed by atoms with van der Waals surface area (Å²) in [5.74, 6) is -1.40. The van der Waals surface area contributed by atoms with Gasteiger partial charge in [0.15, 0.2) is 5.60 Å². The van der Waals surface area contributed by atoms with Crippen molar-refractivity contribution in [2.45, 2.75) is 84.0 Å². The van der Waals surface area contributed by atoms with E-state index in [1.807, 2.05) is 13.8 Å². The minimum absolute atomic E-state index is 0.0331. The van der Waals surface area contributed by atoms with Crippen molar-refractivity contribution in [3.63, 3.8) is 0 Å². The van der Waals surface area contributed by atoms with Gasteiger partial charge in [-0.05, 0) is 30.8 Å². The van der Waals surface area contributed by atoms with Crippen LogP contribution in [0.1, 0.15) is 66.2 Å². The molecule has 0 bridgehead atoms. The summed E-state index contributed by atoms with van der Waals surface area (Å²) in [5, 5.41) is 22.3. The zero-order valence-electron chi connectivity index (χ0n) is 16.8. The topological polar surface area (TPSA) is 93.1 Å². The molecule has 3 aliphatic rings. The SMILES string of the molecule is CCCCCC(=O)O[C@H]1C=C2COC(=O)[C@@]2(O)[C@]2(C)[C@H]1C(C)(C)CC[C@@H]2O. The fraction of sp³-hybridized carbons (Fsp3) is 0.810. The van der Waals surface area contributed by atoms with Gasteiger partial charge in [-0.25, -0.2) is 4.79 Å². The lowest BCUT2D eigenvalue weighted by molar-refractivity contribution is -0.225. The molecule has 0 aromatic heterocycles. The largest absolute Gasteiger partial charge is 0.459 e. The van der Waals surface area contributed by atoms with E-state index in [4.69, 9.17) is 9.47 Å². The molecule has 27 heavy (non-hydrogen) atoms. The molecule has 6 nitrogen and oxygen atoms in total. The van der Waals surface area contributed by atoms with Crippen LogP contribution in [0.5, 0.6) is 0 Å². The first-order valence-electron chi connectivity index (χ1n) is 10.1. The third-order valence-corrected chi connectivity index (χ3v) is 7.09. The molecule has 3 rings (SSSR count). The van der Waals surface area contributed by atoms with E-state index >= 15 is 0 Å². The molecule has 0 spiro atoms. The van der Waals surface area contributed by atoms with E-state index in [0.717, 1.165) is 19.3 Å². The predicted octanol–water partition coefficient (Wildman–Crippen LogP) is 2.51. The minimum Gasteiger partial charge on any atom is -0.459 e. The van der Waals surface area contributed by atoms with Crippen molar-refractivity contribution in [3.8, 4) is 0 Å². The first-order valence-corrected chi connectivity index (χ1v) is 10.1. The molecule has 0 amide bonds. The van der Waals surface area contributed by atoms with Crippen LogP contribution in [0.4, 0.5) is 0 Å². The fourth-order valence-corrected chi connectivity index (χ4v) is 5.58. The number of carbonyl (C=O) groups excluding carboxylic acids is 2. The molecular weight excluding hydrogens is 348 g/mol. The summed E-state index contributed by atoms with van der Waals surface area (Å²) in [6.45, 7) is 7.87. The Hall–Kier alpha value is -1.40. The van der Waals surface area contributed by atoms with Crippen LogP contribution in [0.2, 0.25) is 0 Å². The van der Waals surface area contributed by atoms with Crippen LogP contribution in [0.3, 0.4) is 0 Å². The van der Waals surface area contributed by atoms with Gasteiger partial charge in [0.2, 0.25) is 0 Å².